The molecule has 20 heavy (non-hydrogen) atoms. The van der Waals surface area contributed by atoms with Gasteiger partial charge in [-0.3, -0.25) is 4.79 Å². The molecule has 2 aromatic rings. The van der Waals surface area contributed by atoms with E-state index in [0.717, 1.165) is 21.1 Å². The predicted molar refractivity (Wildman–Crippen MR) is 85.6 cm³/mol. The minimum Gasteiger partial charge on any atom is -0.469 e. The zero-order valence-electron chi connectivity index (χ0n) is 11.0. The van der Waals surface area contributed by atoms with Crippen molar-refractivity contribution in [2.45, 2.75) is 18.2 Å². The molecule has 0 N–H and O–H groups in total. The van der Waals surface area contributed by atoms with Crippen LogP contribution in [0, 0.1) is 0 Å². The van der Waals surface area contributed by atoms with E-state index in [0.29, 0.717) is 10.4 Å². The van der Waals surface area contributed by atoms with Gasteiger partial charge in [0.1, 0.15) is 5.01 Å². The van der Waals surface area contributed by atoms with Crippen LogP contribution in [0.5, 0.6) is 0 Å². The van der Waals surface area contributed by atoms with Crippen molar-refractivity contribution in [2.24, 2.45) is 0 Å². The summed E-state index contributed by atoms with van der Waals surface area (Å²) in [7, 11) is 1.39. The monoisotopic (exact) mass is 373 g/mol. The van der Waals surface area contributed by atoms with Crippen LogP contribution in [-0.2, 0) is 14.9 Å². The smallest absolute Gasteiger partial charge is 0.314 e. The third-order valence-electron chi connectivity index (χ3n) is 2.90. The lowest BCUT2D eigenvalue weighted by Gasteiger charge is -2.07. The third kappa shape index (κ3) is 3.22. The van der Waals surface area contributed by atoms with Gasteiger partial charge in [-0.25, -0.2) is 4.98 Å². The maximum atomic E-state index is 11.7. The van der Waals surface area contributed by atoms with E-state index in [9.17, 15) is 4.79 Å². The van der Waals surface area contributed by atoms with Crippen LogP contribution in [0.25, 0.3) is 10.6 Å². The SMILES string of the molecule is COC(=O)C(C)c1nc(-c2ccc(Cl)cc2)sc1CBr. The van der Waals surface area contributed by atoms with E-state index >= 15 is 0 Å². The third-order valence-corrected chi connectivity index (χ3v) is 5.21. The molecule has 0 aliphatic heterocycles. The van der Waals surface area contributed by atoms with Crippen molar-refractivity contribution in [2.75, 3.05) is 7.11 Å². The van der Waals surface area contributed by atoms with Gasteiger partial charge < -0.3 is 4.74 Å². The maximum absolute atomic E-state index is 11.7. The number of methoxy groups -OCH3 is 1. The number of hydrogen-bond donors (Lipinski definition) is 0. The van der Waals surface area contributed by atoms with Gasteiger partial charge in [0.2, 0.25) is 0 Å². The second-order valence-corrected chi connectivity index (χ2v) is 6.29. The Kier molecular flexibility index (Phi) is 5.18. The topological polar surface area (TPSA) is 39.2 Å². The van der Waals surface area contributed by atoms with E-state index in [1.54, 1.807) is 18.3 Å². The fourth-order valence-electron chi connectivity index (χ4n) is 1.80. The number of carbonyl (C=O) groups is 1. The van der Waals surface area contributed by atoms with Crippen molar-refractivity contribution in [3.05, 3.63) is 39.9 Å². The molecule has 0 bridgehead atoms. The minimum atomic E-state index is -0.371. The van der Waals surface area contributed by atoms with Gasteiger partial charge in [-0.1, -0.05) is 39.7 Å². The van der Waals surface area contributed by atoms with Gasteiger partial charge in [0.15, 0.2) is 0 Å². The van der Waals surface area contributed by atoms with Gasteiger partial charge >= 0.3 is 5.97 Å². The maximum Gasteiger partial charge on any atom is 0.314 e. The van der Waals surface area contributed by atoms with Gasteiger partial charge in [-0.05, 0) is 19.1 Å². The summed E-state index contributed by atoms with van der Waals surface area (Å²) in [6.07, 6.45) is 0. The standard InChI is InChI=1S/C14H13BrClNO2S/c1-8(14(18)19-2)12-11(7-15)20-13(17-12)9-3-5-10(16)6-4-9/h3-6,8H,7H2,1-2H3. The van der Waals surface area contributed by atoms with Crippen molar-refractivity contribution in [3.63, 3.8) is 0 Å². The molecule has 1 heterocycles. The number of thiazole rings is 1. The molecule has 0 amide bonds. The van der Waals surface area contributed by atoms with Gasteiger partial charge in [-0.2, -0.15) is 0 Å². The Balaban J connectivity index is 2.40. The van der Waals surface area contributed by atoms with Crippen LogP contribution in [0.1, 0.15) is 23.4 Å². The summed E-state index contributed by atoms with van der Waals surface area (Å²) in [5.74, 6) is -0.648. The molecule has 106 valence electrons. The average molecular weight is 375 g/mol. The van der Waals surface area contributed by atoms with Crippen LogP contribution < -0.4 is 0 Å². The number of halogens is 2. The first kappa shape index (κ1) is 15.5. The second kappa shape index (κ2) is 6.70. The Morgan fingerprint density at radius 3 is 2.65 bits per heavy atom. The van der Waals surface area contributed by atoms with Gasteiger partial charge in [0.05, 0.1) is 18.7 Å². The second-order valence-electron chi connectivity index (χ2n) is 4.21. The Bertz CT molecular complexity index is 612. The molecule has 0 spiro atoms. The molecule has 3 nitrogen and oxygen atoms in total. The first-order valence-electron chi connectivity index (χ1n) is 5.96. The minimum absolute atomic E-state index is 0.278. The molecule has 1 unspecified atom stereocenters. The quantitative estimate of drug-likeness (QED) is 0.578. The van der Waals surface area contributed by atoms with E-state index in [1.165, 1.54) is 7.11 Å². The highest BCUT2D eigenvalue weighted by molar-refractivity contribution is 9.08. The normalized spacial score (nSPS) is 12.2. The van der Waals surface area contributed by atoms with E-state index in [4.69, 9.17) is 16.3 Å². The number of hydrogen-bond acceptors (Lipinski definition) is 4. The number of rotatable bonds is 4. The molecule has 0 aliphatic rings. The molecule has 0 saturated carbocycles. The van der Waals surface area contributed by atoms with Gasteiger partial charge in [0, 0.05) is 20.8 Å². The summed E-state index contributed by atoms with van der Waals surface area (Å²) in [6, 6.07) is 7.50. The first-order chi connectivity index (χ1) is 9.56. The molecular weight excluding hydrogens is 362 g/mol. The van der Waals surface area contributed by atoms with Crippen molar-refractivity contribution in [3.8, 4) is 10.6 Å². The molecular formula is C14H13BrClNO2S. The summed E-state index contributed by atoms with van der Waals surface area (Å²) in [5, 5.41) is 2.23. The van der Waals surface area contributed by atoms with Crippen molar-refractivity contribution in [1.82, 2.24) is 4.98 Å². The fourth-order valence-corrected chi connectivity index (χ4v) is 3.57. The highest BCUT2D eigenvalue weighted by atomic mass is 79.9. The van der Waals surface area contributed by atoms with Crippen LogP contribution in [0.4, 0.5) is 0 Å². The Morgan fingerprint density at radius 1 is 1.45 bits per heavy atom. The van der Waals surface area contributed by atoms with E-state index in [2.05, 4.69) is 20.9 Å². The lowest BCUT2D eigenvalue weighted by molar-refractivity contribution is -0.142. The van der Waals surface area contributed by atoms with Crippen LogP contribution in [0.3, 0.4) is 0 Å². The van der Waals surface area contributed by atoms with Crippen LogP contribution in [-0.4, -0.2) is 18.1 Å². The van der Waals surface area contributed by atoms with Crippen LogP contribution >= 0.6 is 38.9 Å². The molecule has 1 atom stereocenters. The lowest BCUT2D eigenvalue weighted by Crippen LogP contribution is -2.12. The molecule has 2 rings (SSSR count). The Hall–Kier alpha value is -0.910. The van der Waals surface area contributed by atoms with Crippen molar-refractivity contribution < 1.29 is 9.53 Å². The number of alkyl halides is 1. The number of carbonyl (C=O) groups excluding carboxylic acids is 1. The fraction of sp³-hybridized carbons (Fsp3) is 0.286. The number of ether oxygens (including phenoxy) is 1. The summed E-state index contributed by atoms with van der Waals surface area (Å²) in [4.78, 5) is 17.3. The zero-order valence-corrected chi connectivity index (χ0v) is 14.2. The van der Waals surface area contributed by atoms with Crippen LogP contribution in [0.2, 0.25) is 5.02 Å². The highest BCUT2D eigenvalue weighted by Crippen LogP contribution is 2.34. The highest BCUT2D eigenvalue weighted by Gasteiger charge is 2.23. The summed E-state index contributed by atoms with van der Waals surface area (Å²) in [6.45, 7) is 1.80. The number of nitrogens with zero attached hydrogens (tertiary/aromatic N) is 1. The molecule has 1 aromatic heterocycles. The average Bonchev–Trinajstić information content (AvgIpc) is 2.90. The molecule has 0 radical (unpaired) electrons. The zero-order chi connectivity index (χ0) is 14.7. The first-order valence-corrected chi connectivity index (χ1v) is 8.27. The van der Waals surface area contributed by atoms with Crippen molar-refractivity contribution >= 4 is 44.8 Å². The lowest BCUT2D eigenvalue weighted by atomic mass is 10.1. The summed E-state index contributed by atoms with van der Waals surface area (Å²) < 4.78 is 4.79. The molecule has 0 aliphatic carbocycles. The van der Waals surface area contributed by atoms with Crippen molar-refractivity contribution in [1.29, 1.82) is 0 Å². The van der Waals surface area contributed by atoms with E-state index < -0.39 is 0 Å². The van der Waals surface area contributed by atoms with Gasteiger partial charge in [-0.15, -0.1) is 11.3 Å². The molecule has 1 aromatic carbocycles. The van der Waals surface area contributed by atoms with Crippen LogP contribution in [0.15, 0.2) is 24.3 Å². The molecule has 0 saturated heterocycles. The van der Waals surface area contributed by atoms with Gasteiger partial charge in [0.25, 0.3) is 0 Å². The van der Waals surface area contributed by atoms with E-state index in [-0.39, 0.29) is 11.9 Å². The molecule has 6 heteroatoms. The number of benzene rings is 1. The molecule has 0 fully saturated rings. The summed E-state index contributed by atoms with van der Waals surface area (Å²) in [5.41, 5.74) is 1.76. The number of esters is 1. The largest absolute Gasteiger partial charge is 0.469 e. The predicted octanol–water partition coefficient (Wildman–Crippen LogP) is 4.63. The Labute approximate surface area is 135 Å². The summed E-state index contributed by atoms with van der Waals surface area (Å²) >= 11 is 10.9. The number of aromatic nitrogens is 1. The Morgan fingerprint density at radius 2 is 2.10 bits per heavy atom. The van der Waals surface area contributed by atoms with E-state index in [1.807, 2.05) is 24.3 Å².